The van der Waals surface area contributed by atoms with Gasteiger partial charge in [-0.1, -0.05) is 135 Å². The Labute approximate surface area is 198 Å². The van der Waals surface area contributed by atoms with Gasteiger partial charge in [-0.3, -0.25) is 0 Å². The molecule has 4 rings (SSSR count). The highest BCUT2D eigenvalue weighted by atomic mass is 28.3. The monoisotopic (exact) mass is 458 g/mol. The van der Waals surface area contributed by atoms with Crippen molar-refractivity contribution in [2.75, 3.05) is 0 Å². The van der Waals surface area contributed by atoms with Crippen LogP contribution in [0.4, 0.5) is 0 Å². The summed E-state index contributed by atoms with van der Waals surface area (Å²) in [7, 11) is -2.15. The Kier molecular flexibility index (Phi) is 7.42. The summed E-state index contributed by atoms with van der Waals surface area (Å²) in [5.74, 6) is 0. The van der Waals surface area contributed by atoms with Crippen LogP contribution in [0.3, 0.4) is 0 Å². The molecule has 0 aromatic heterocycles. The summed E-state index contributed by atoms with van der Waals surface area (Å²) in [6, 6.07) is 23.9. The van der Waals surface area contributed by atoms with Gasteiger partial charge in [0.25, 0.3) is 0 Å². The quantitative estimate of drug-likeness (QED) is 0.294. The van der Waals surface area contributed by atoms with Crippen LogP contribution in [0, 0.1) is 0 Å². The number of rotatable bonds is 11. The molecule has 0 amide bonds. The third kappa shape index (κ3) is 6.45. The lowest BCUT2D eigenvalue weighted by Crippen LogP contribution is -2.32. The van der Waals surface area contributed by atoms with E-state index >= 15 is 0 Å². The van der Waals surface area contributed by atoms with E-state index in [9.17, 15) is 0 Å². The fraction of sp³-hybridized carbons (Fsp3) is 0.467. The van der Waals surface area contributed by atoms with Gasteiger partial charge in [-0.25, -0.2) is 0 Å². The fourth-order valence-corrected chi connectivity index (χ4v) is 13.7. The van der Waals surface area contributed by atoms with E-state index in [1.54, 1.807) is 23.2 Å². The molecule has 0 atom stereocenters. The second-order valence-corrected chi connectivity index (χ2v) is 22.5. The lowest BCUT2D eigenvalue weighted by atomic mass is 10.1. The van der Waals surface area contributed by atoms with Crippen molar-refractivity contribution < 1.29 is 0 Å². The maximum atomic E-state index is 2.65. The van der Waals surface area contributed by atoms with Gasteiger partial charge in [-0.2, -0.15) is 0 Å². The SMILES string of the molecule is C[Si](C)(CCCC1=Cc2ccccc2C1)CC[Si](C)(C)CCCC1=Cc2ccccc2C1. The molecule has 2 heteroatoms. The smallest absolute Gasteiger partial charge is 0.0471 e. The second kappa shape index (κ2) is 10.1. The van der Waals surface area contributed by atoms with Crippen molar-refractivity contribution in [3.05, 3.63) is 81.9 Å². The molecule has 32 heavy (non-hydrogen) atoms. The van der Waals surface area contributed by atoms with Crippen molar-refractivity contribution in [3.63, 3.8) is 0 Å². The van der Waals surface area contributed by atoms with E-state index in [-0.39, 0.29) is 0 Å². The van der Waals surface area contributed by atoms with Gasteiger partial charge in [0.1, 0.15) is 0 Å². The Morgan fingerprint density at radius 3 is 1.38 bits per heavy atom. The van der Waals surface area contributed by atoms with Crippen LogP contribution in [0.2, 0.25) is 50.4 Å². The predicted molar refractivity (Wildman–Crippen MR) is 149 cm³/mol. The van der Waals surface area contributed by atoms with Crippen LogP contribution < -0.4 is 0 Å². The molecule has 0 saturated heterocycles. The summed E-state index contributed by atoms with van der Waals surface area (Å²) < 4.78 is 0. The molecule has 2 aliphatic carbocycles. The van der Waals surface area contributed by atoms with Crippen LogP contribution in [-0.4, -0.2) is 16.1 Å². The zero-order valence-electron chi connectivity index (χ0n) is 20.8. The molecule has 2 aromatic rings. The first kappa shape index (κ1) is 23.5. The van der Waals surface area contributed by atoms with E-state index in [4.69, 9.17) is 0 Å². The molecule has 0 fully saturated rings. The minimum Gasteiger partial charge on any atom is -0.0694 e. The predicted octanol–water partition coefficient (Wildman–Crippen LogP) is 9.24. The average Bonchev–Trinajstić information content (AvgIpc) is 3.35. The molecule has 0 aliphatic heterocycles. The Balaban J connectivity index is 1.14. The summed E-state index contributed by atoms with van der Waals surface area (Å²) in [6.07, 6.45) is 12.7. The Morgan fingerprint density at radius 2 is 0.969 bits per heavy atom. The highest BCUT2D eigenvalue weighted by molar-refractivity contribution is 6.82. The van der Waals surface area contributed by atoms with E-state index in [0.717, 1.165) is 0 Å². The average molecular weight is 459 g/mol. The van der Waals surface area contributed by atoms with Gasteiger partial charge >= 0.3 is 0 Å². The van der Waals surface area contributed by atoms with Crippen LogP contribution in [0.15, 0.2) is 59.7 Å². The van der Waals surface area contributed by atoms with Crippen LogP contribution in [0.1, 0.15) is 47.9 Å². The summed E-state index contributed by atoms with van der Waals surface area (Å²) in [5.41, 5.74) is 9.31. The first-order chi connectivity index (χ1) is 15.3. The van der Waals surface area contributed by atoms with Crippen LogP contribution in [-0.2, 0) is 12.8 Å². The number of benzene rings is 2. The topological polar surface area (TPSA) is 0 Å². The van der Waals surface area contributed by atoms with Gasteiger partial charge in [0, 0.05) is 16.1 Å². The van der Waals surface area contributed by atoms with Gasteiger partial charge in [0.15, 0.2) is 0 Å². The largest absolute Gasteiger partial charge is 0.0694 e. The first-order valence-electron chi connectivity index (χ1n) is 12.8. The van der Waals surface area contributed by atoms with Crippen molar-refractivity contribution in [2.45, 2.75) is 88.9 Å². The Morgan fingerprint density at radius 1 is 0.562 bits per heavy atom. The van der Waals surface area contributed by atoms with E-state index in [2.05, 4.69) is 86.9 Å². The van der Waals surface area contributed by atoms with Crippen molar-refractivity contribution in [1.29, 1.82) is 0 Å². The van der Waals surface area contributed by atoms with Crippen molar-refractivity contribution in [3.8, 4) is 0 Å². The molecule has 170 valence electrons. The maximum absolute atomic E-state index is 2.65. The Bertz CT molecular complexity index is 912. The summed E-state index contributed by atoms with van der Waals surface area (Å²) in [6.45, 7) is 10.6. The zero-order chi connectivity index (χ0) is 22.6. The molecule has 0 saturated carbocycles. The second-order valence-electron chi connectivity index (χ2n) is 11.9. The molecule has 0 heterocycles. The molecule has 0 nitrogen and oxygen atoms in total. The van der Waals surface area contributed by atoms with Gasteiger partial charge in [-0.05, 0) is 47.9 Å². The van der Waals surface area contributed by atoms with E-state index < -0.39 is 16.1 Å². The van der Waals surface area contributed by atoms with Crippen molar-refractivity contribution in [2.24, 2.45) is 0 Å². The van der Waals surface area contributed by atoms with E-state index in [1.165, 1.54) is 72.9 Å². The van der Waals surface area contributed by atoms with Gasteiger partial charge in [0.05, 0.1) is 0 Å². The number of hydrogen-bond acceptors (Lipinski definition) is 0. The maximum Gasteiger partial charge on any atom is 0.0471 e. The normalized spacial score (nSPS) is 15.4. The molecule has 0 unspecified atom stereocenters. The summed E-state index contributed by atoms with van der Waals surface area (Å²) in [5, 5.41) is 0. The number of fused-ring (bicyclic) bond motifs is 2. The molecular formula is C30H42Si2. The first-order valence-corrected chi connectivity index (χ1v) is 19.7. The van der Waals surface area contributed by atoms with E-state index in [1.807, 2.05) is 0 Å². The lowest BCUT2D eigenvalue weighted by molar-refractivity contribution is 0.859. The molecule has 2 aliphatic rings. The van der Waals surface area contributed by atoms with Crippen molar-refractivity contribution in [1.82, 2.24) is 0 Å². The molecule has 0 N–H and O–H groups in total. The summed E-state index contributed by atoms with van der Waals surface area (Å²) >= 11 is 0. The zero-order valence-corrected chi connectivity index (χ0v) is 22.8. The Hall–Kier alpha value is -1.65. The van der Waals surface area contributed by atoms with Crippen LogP contribution in [0.25, 0.3) is 12.2 Å². The minimum absolute atomic E-state index is 1.08. The fourth-order valence-electron chi connectivity index (χ4n) is 5.54. The standard InChI is InChI=1S/C30H42Si2/c1-31(2,17-9-11-25-21-27-13-5-6-14-28(27)22-25)19-20-32(3,4)18-10-12-26-23-29-15-7-8-16-30(29)24-26/h5-8,13-16,21,23H,9-12,17-20,22,24H2,1-4H3. The third-order valence-electron chi connectivity index (χ3n) is 7.85. The third-order valence-corrected chi connectivity index (χ3v) is 15.0. The summed E-state index contributed by atoms with van der Waals surface area (Å²) in [4.78, 5) is 0. The number of allylic oxidation sites excluding steroid dienone is 2. The molecule has 0 radical (unpaired) electrons. The van der Waals surface area contributed by atoms with Crippen LogP contribution >= 0.6 is 0 Å². The molecule has 0 bridgehead atoms. The van der Waals surface area contributed by atoms with Crippen molar-refractivity contribution >= 4 is 28.3 Å². The molecule has 2 aromatic carbocycles. The highest BCUT2D eigenvalue weighted by Crippen LogP contribution is 2.33. The molecule has 0 spiro atoms. The van der Waals surface area contributed by atoms with Gasteiger partial charge in [0.2, 0.25) is 0 Å². The highest BCUT2D eigenvalue weighted by Gasteiger charge is 2.27. The molecular weight excluding hydrogens is 417 g/mol. The van der Waals surface area contributed by atoms with Gasteiger partial charge < -0.3 is 0 Å². The van der Waals surface area contributed by atoms with E-state index in [0.29, 0.717) is 0 Å². The minimum atomic E-state index is -1.08. The number of hydrogen-bond donors (Lipinski definition) is 0. The lowest BCUT2D eigenvalue weighted by Gasteiger charge is -2.29. The van der Waals surface area contributed by atoms with Gasteiger partial charge in [-0.15, -0.1) is 0 Å². The van der Waals surface area contributed by atoms with Crippen LogP contribution in [0.5, 0.6) is 0 Å².